The number of fused-ring (bicyclic) bond motifs is 2. The fourth-order valence-electron chi connectivity index (χ4n) is 3.43. The van der Waals surface area contributed by atoms with Crippen molar-refractivity contribution < 1.29 is 13.2 Å². The lowest BCUT2D eigenvalue weighted by atomic mass is 10.2. The summed E-state index contributed by atoms with van der Waals surface area (Å²) in [5.41, 5.74) is 4.63. The molecule has 0 aliphatic carbocycles. The predicted octanol–water partition coefficient (Wildman–Crippen LogP) is 2.46. The van der Waals surface area contributed by atoms with Crippen LogP contribution in [0.4, 0.5) is 5.69 Å². The van der Waals surface area contributed by atoms with Crippen LogP contribution in [0.25, 0.3) is 21.3 Å². The van der Waals surface area contributed by atoms with E-state index in [0.717, 1.165) is 10.2 Å². The molecule has 0 aliphatic heterocycles. The van der Waals surface area contributed by atoms with Gasteiger partial charge in [-0.05, 0) is 54.6 Å². The molecule has 0 atom stereocenters. The molecular weight excluding hydrogens is 476 g/mol. The molecule has 0 saturated carbocycles. The number of hydrogen-bond acceptors (Lipinski definition) is 6. The predicted molar refractivity (Wildman–Crippen MR) is 130 cm³/mol. The minimum absolute atomic E-state index is 0.00734. The van der Waals surface area contributed by atoms with Gasteiger partial charge < -0.3 is 14.5 Å². The van der Waals surface area contributed by atoms with Crippen LogP contribution in [0.2, 0.25) is 0 Å². The molecule has 0 unspecified atom stereocenters. The number of nitrogens with one attached hydrogen (secondary N) is 4. The maximum Gasteiger partial charge on any atom is 0.323 e. The van der Waals surface area contributed by atoms with E-state index in [1.807, 2.05) is 35.9 Å². The molecule has 4 N–H and O–H groups in total. The number of rotatable bonds is 5. The van der Waals surface area contributed by atoms with E-state index < -0.39 is 21.6 Å². The Hall–Kier alpha value is -4.16. The SMILES string of the molecule is Cn1c(=NNC(=O)c2ccc(NS(=O)(=O)c3ccc4[nH]c(=O)[nH]c4c3)cc2)sc2ccccc21. The first-order valence-electron chi connectivity index (χ1n) is 10.0. The summed E-state index contributed by atoms with van der Waals surface area (Å²) in [4.78, 5) is 29.6. The van der Waals surface area contributed by atoms with Crippen molar-refractivity contribution in [3.63, 3.8) is 0 Å². The van der Waals surface area contributed by atoms with Crippen LogP contribution in [0.5, 0.6) is 0 Å². The van der Waals surface area contributed by atoms with Crippen molar-refractivity contribution in [2.24, 2.45) is 12.1 Å². The Labute approximate surface area is 196 Å². The molecule has 12 heteroatoms. The van der Waals surface area contributed by atoms with E-state index in [1.165, 1.54) is 53.8 Å². The summed E-state index contributed by atoms with van der Waals surface area (Å²) in [6.07, 6.45) is 0. The Morgan fingerprint density at radius 2 is 1.74 bits per heavy atom. The molecule has 10 nitrogen and oxygen atoms in total. The maximum atomic E-state index is 12.7. The Bertz CT molecular complexity index is 1780. The van der Waals surface area contributed by atoms with Crippen molar-refractivity contribution in [3.05, 3.63) is 87.6 Å². The van der Waals surface area contributed by atoms with E-state index in [9.17, 15) is 18.0 Å². The van der Waals surface area contributed by atoms with E-state index in [0.29, 0.717) is 21.4 Å². The van der Waals surface area contributed by atoms with Gasteiger partial charge in [-0.25, -0.2) is 18.6 Å². The number of sulfonamides is 1. The van der Waals surface area contributed by atoms with Crippen molar-refractivity contribution >= 4 is 54.2 Å². The zero-order valence-electron chi connectivity index (χ0n) is 17.7. The quantitative estimate of drug-likeness (QED) is 0.279. The van der Waals surface area contributed by atoms with Gasteiger partial charge in [0.15, 0.2) is 0 Å². The number of aromatic nitrogens is 3. The Kier molecular flexibility index (Phi) is 5.30. The minimum Gasteiger partial charge on any atom is -0.318 e. The molecule has 5 aromatic rings. The average molecular weight is 495 g/mol. The third-order valence-corrected chi connectivity index (χ3v) is 7.66. The second kappa shape index (κ2) is 8.32. The number of H-pyrrole nitrogens is 2. The molecule has 0 fully saturated rings. The number of aryl methyl sites for hydroxylation is 1. The van der Waals surface area contributed by atoms with E-state index in [-0.39, 0.29) is 10.6 Å². The number of thiazole rings is 1. The molecule has 5 rings (SSSR count). The molecule has 2 aromatic heterocycles. The van der Waals surface area contributed by atoms with Crippen LogP contribution in [0.3, 0.4) is 0 Å². The maximum absolute atomic E-state index is 12.7. The summed E-state index contributed by atoms with van der Waals surface area (Å²) in [5.74, 6) is -0.422. The lowest BCUT2D eigenvalue weighted by molar-refractivity contribution is 0.0953. The molecular formula is C22H18N6O4S2. The van der Waals surface area contributed by atoms with E-state index in [2.05, 4.69) is 25.2 Å². The molecule has 3 aromatic carbocycles. The van der Waals surface area contributed by atoms with Crippen LogP contribution >= 0.6 is 11.3 Å². The molecule has 0 saturated heterocycles. The number of para-hydroxylation sites is 1. The second-order valence-electron chi connectivity index (χ2n) is 7.43. The van der Waals surface area contributed by atoms with E-state index in [1.54, 1.807) is 0 Å². The number of aromatic amines is 2. The number of hydrogen-bond donors (Lipinski definition) is 4. The van der Waals surface area contributed by atoms with Gasteiger partial charge in [0.05, 0.1) is 26.1 Å². The summed E-state index contributed by atoms with van der Waals surface area (Å²) >= 11 is 1.45. The zero-order valence-corrected chi connectivity index (χ0v) is 19.3. The van der Waals surface area contributed by atoms with E-state index in [4.69, 9.17) is 0 Å². The number of anilines is 1. The highest BCUT2D eigenvalue weighted by Crippen LogP contribution is 2.20. The molecule has 0 bridgehead atoms. The number of imidazole rings is 1. The van der Waals surface area contributed by atoms with Crippen LogP contribution in [0.15, 0.2) is 81.5 Å². The number of carbonyl (C=O) groups is 1. The number of amides is 1. The van der Waals surface area contributed by atoms with Crippen molar-refractivity contribution in [3.8, 4) is 0 Å². The van der Waals surface area contributed by atoms with Crippen molar-refractivity contribution in [2.45, 2.75) is 4.90 Å². The van der Waals surface area contributed by atoms with Crippen molar-refractivity contribution in [2.75, 3.05) is 4.72 Å². The Morgan fingerprint density at radius 1 is 1.00 bits per heavy atom. The van der Waals surface area contributed by atoms with Crippen LogP contribution in [0.1, 0.15) is 10.4 Å². The van der Waals surface area contributed by atoms with Gasteiger partial charge in [-0.1, -0.05) is 23.5 Å². The third kappa shape index (κ3) is 4.11. The molecule has 0 spiro atoms. The monoisotopic (exact) mass is 494 g/mol. The largest absolute Gasteiger partial charge is 0.323 e. The number of benzene rings is 3. The van der Waals surface area contributed by atoms with Crippen molar-refractivity contribution in [1.29, 1.82) is 0 Å². The standard InChI is InChI=1S/C22H18N6O4S2/c1-28-18-4-2-3-5-19(18)33-22(28)26-25-20(29)13-6-8-14(9-7-13)27-34(31,32)15-10-11-16-17(12-15)24-21(30)23-16/h2-12,27H,1H3,(H,25,29)(H2,23,24,30). The smallest absolute Gasteiger partial charge is 0.318 e. The van der Waals surface area contributed by atoms with Gasteiger partial charge in [-0.3, -0.25) is 9.52 Å². The summed E-state index contributed by atoms with van der Waals surface area (Å²) in [7, 11) is -2.03. The van der Waals surface area contributed by atoms with Gasteiger partial charge in [0.1, 0.15) is 0 Å². The summed E-state index contributed by atoms with van der Waals surface area (Å²) in [6, 6.07) is 18.1. The highest BCUT2D eigenvalue weighted by molar-refractivity contribution is 7.92. The molecule has 34 heavy (non-hydrogen) atoms. The summed E-state index contributed by atoms with van der Waals surface area (Å²) < 4.78 is 30.9. The normalized spacial score (nSPS) is 12.3. The second-order valence-corrected chi connectivity index (χ2v) is 10.1. The van der Waals surface area contributed by atoms with Crippen LogP contribution in [-0.2, 0) is 17.1 Å². The van der Waals surface area contributed by atoms with Crippen molar-refractivity contribution in [1.82, 2.24) is 20.0 Å². The highest BCUT2D eigenvalue weighted by Gasteiger charge is 2.16. The molecule has 1 amide bonds. The van der Waals surface area contributed by atoms with Gasteiger partial charge >= 0.3 is 5.69 Å². The minimum atomic E-state index is -3.90. The van der Waals surface area contributed by atoms with Crippen LogP contribution < -0.4 is 20.6 Å². The third-order valence-electron chi connectivity index (χ3n) is 5.16. The first-order valence-corrected chi connectivity index (χ1v) is 12.3. The first kappa shape index (κ1) is 21.7. The first-order chi connectivity index (χ1) is 16.3. The van der Waals surface area contributed by atoms with Gasteiger partial charge in [0.2, 0.25) is 4.80 Å². The molecule has 0 aliphatic rings. The van der Waals surface area contributed by atoms with Crippen LogP contribution in [0, 0.1) is 0 Å². The highest BCUT2D eigenvalue weighted by atomic mass is 32.2. The average Bonchev–Trinajstić information content (AvgIpc) is 3.36. The number of carbonyl (C=O) groups excluding carboxylic acids is 1. The summed E-state index contributed by atoms with van der Waals surface area (Å²) in [5, 5.41) is 4.21. The lowest BCUT2D eigenvalue weighted by Crippen LogP contribution is -2.23. The summed E-state index contributed by atoms with van der Waals surface area (Å²) in [6.45, 7) is 0. The Morgan fingerprint density at radius 3 is 2.50 bits per heavy atom. The molecule has 2 heterocycles. The van der Waals surface area contributed by atoms with Gasteiger partial charge in [0, 0.05) is 18.3 Å². The fraction of sp³-hybridized carbons (Fsp3) is 0.0455. The topological polar surface area (TPSA) is 141 Å². The molecule has 172 valence electrons. The van der Waals surface area contributed by atoms with Gasteiger partial charge in [-0.15, -0.1) is 5.10 Å². The van der Waals surface area contributed by atoms with E-state index >= 15 is 0 Å². The van der Waals surface area contributed by atoms with Gasteiger partial charge in [0.25, 0.3) is 15.9 Å². The Balaban J connectivity index is 1.31. The van der Waals surface area contributed by atoms with Gasteiger partial charge in [-0.2, -0.15) is 0 Å². The lowest BCUT2D eigenvalue weighted by Gasteiger charge is -2.09. The fourth-order valence-corrected chi connectivity index (χ4v) is 5.50. The zero-order chi connectivity index (χ0) is 23.9. The number of nitrogens with zero attached hydrogens (tertiary/aromatic N) is 2. The van der Waals surface area contributed by atoms with Crippen LogP contribution in [-0.4, -0.2) is 28.9 Å². The molecule has 0 radical (unpaired) electrons.